The first-order valence-electron chi connectivity index (χ1n) is 5.18. The van der Waals surface area contributed by atoms with E-state index in [1.165, 1.54) is 0 Å². The lowest BCUT2D eigenvalue weighted by Gasteiger charge is -2.20. The summed E-state index contributed by atoms with van der Waals surface area (Å²) in [6, 6.07) is 2.10. The van der Waals surface area contributed by atoms with Gasteiger partial charge in [-0.25, -0.2) is 0 Å². The van der Waals surface area contributed by atoms with Crippen LogP contribution < -0.4 is 10.1 Å². The zero-order valence-corrected chi connectivity index (χ0v) is 8.71. The number of nitrogens with one attached hydrogen (secondary N) is 1. The molecule has 1 aliphatic rings. The molecule has 0 amide bonds. The minimum absolute atomic E-state index is 0. The van der Waals surface area contributed by atoms with E-state index >= 15 is 0 Å². The van der Waals surface area contributed by atoms with E-state index in [1.54, 1.807) is 0 Å². The first-order valence-corrected chi connectivity index (χ1v) is 5.18. The number of fused-ring (bicyclic) bond motifs is 1. The maximum Gasteiger partial charge on any atom is 0.160 e. The van der Waals surface area contributed by atoms with Gasteiger partial charge < -0.3 is 10.1 Å². The van der Waals surface area contributed by atoms with Gasteiger partial charge in [0, 0.05) is 13.7 Å². The third kappa shape index (κ3) is 1.67. The van der Waals surface area contributed by atoms with Crippen LogP contribution in [0.15, 0.2) is 12.3 Å². The van der Waals surface area contributed by atoms with Crippen molar-refractivity contribution in [3.8, 4) is 5.75 Å². The Labute approximate surface area is 86.0 Å². The summed E-state index contributed by atoms with van der Waals surface area (Å²) in [5.41, 5.74) is 2.23. The molecule has 14 heavy (non-hydrogen) atoms. The Hall–Kier alpha value is -1.25. The predicted molar refractivity (Wildman–Crippen MR) is 59.0 cm³/mol. The number of anilines is 1. The van der Waals surface area contributed by atoms with Crippen LogP contribution in [0.5, 0.6) is 5.75 Å². The minimum Gasteiger partial charge on any atom is -0.488 e. The molecule has 0 aromatic carbocycles. The molecule has 1 aromatic heterocycles. The van der Waals surface area contributed by atoms with Crippen LogP contribution in [-0.2, 0) is 0 Å². The van der Waals surface area contributed by atoms with E-state index in [0.29, 0.717) is 5.92 Å². The molecule has 0 fully saturated rings. The highest BCUT2D eigenvalue weighted by molar-refractivity contribution is 5.57. The maximum absolute atomic E-state index is 5.47. The van der Waals surface area contributed by atoms with Crippen molar-refractivity contribution in [2.24, 2.45) is 0 Å². The lowest BCUT2D eigenvalue weighted by Crippen LogP contribution is -2.18. The molecule has 2 heterocycles. The Morgan fingerprint density at radius 3 is 3.36 bits per heavy atom. The number of rotatable bonds is 2. The molecule has 0 aliphatic carbocycles. The standard InChI is InChI=1S/C11H16N2O.H2/c1-3-8(2)9-6-10-11(7-13-9)14-5-4-12-10;/h6-8,12H,3-5H2,1-2H3;1H. The van der Waals surface area contributed by atoms with E-state index < -0.39 is 0 Å². The van der Waals surface area contributed by atoms with Gasteiger partial charge in [0.05, 0.1) is 11.9 Å². The van der Waals surface area contributed by atoms with Gasteiger partial charge in [0.25, 0.3) is 0 Å². The fraction of sp³-hybridized carbons (Fsp3) is 0.545. The minimum atomic E-state index is 0. The first kappa shape index (κ1) is 9.31. The Kier molecular flexibility index (Phi) is 2.57. The summed E-state index contributed by atoms with van der Waals surface area (Å²) in [5.74, 6) is 1.40. The van der Waals surface area contributed by atoms with Gasteiger partial charge in [-0.15, -0.1) is 0 Å². The van der Waals surface area contributed by atoms with E-state index in [4.69, 9.17) is 4.74 Å². The van der Waals surface area contributed by atoms with Crippen LogP contribution in [0.4, 0.5) is 5.69 Å². The second kappa shape index (κ2) is 3.86. The van der Waals surface area contributed by atoms with Gasteiger partial charge in [-0.3, -0.25) is 4.98 Å². The average Bonchev–Trinajstić information content (AvgIpc) is 2.27. The second-order valence-corrected chi connectivity index (χ2v) is 3.69. The van der Waals surface area contributed by atoms with Crippen LogP contribution in [0.1, 0.15) is 33.3 Å². The third-order valence-corrected chi connectivity index (χ3v) is 2.68. The highest BCUT2D eigenvalue weighted by atomic mass is 16.5. The van der Waals surface area contributed by atoms with Gasteiger partial charge in [0.15, 0.2) is 5.75 Å². The zero-order valence-electron chi connectivity index (χ0n) is 8.71. The molecule has 0 saturated heterocycles. The van der Waals surface area contributed by atoms with Crippen molar-refractivity contribution in [3.05, 3.63) is 18.0 Å². The molecular weight excluding hydrogens is 176 g/mol. The van der Waals surface area contributed by atoms with Gasteiger partial charge in [-0.05, 0) is 18.4 Å². The van der Waals surface area contributed by atoms with Crippen LogP contribution in [-0.4, -0.2) is 18.1 Å². The number of hydrogen-bond donors (Lipinski definition) is 1. The second-order valence-electron chi connectivity index (χ2n) is 3.69. The van der Waals surface area contributed by atoms with Gasteiger partial charge in [0.1, 0.15) is 6.61 Å². The van der Waals surface area contributed by atoms with Crippen LogP contribution in [0, 0.1) is 0 Å². The summed E-state index contributed by atoms with van der Waals surface area (Å²) in [4.78, 5) is 4.40. The summed E-state index contributed by atoms with van der Waals surface area (Å²) < 4.78 is 5.47. The lowest BCUT2D eigenvalue weighted by atomic mass is 10.0. The van der Waals surface area contributed by atoms with E-state index in [-0.39, 0.29) is 1.43 Å². The highest BCUT2D eigenvalue weighted by Gasteiger charge is 2.12. The Balaban J connectivity index is 0.00000112. The largest absolute Gasteiger partial charge is 0.488 e. The topological polar surface area (TPSA) is 34.1 Å². The molecule has 1 aromatic rings. The van der Waals surface area contributed by atoms with Gasteiger partial charge >= 0.3 is 0 Å². The quantitative estimate of drug-likeness (QED) is 0.786. The van der Waals surface area contributed by atoms with Crippen molar-refractivity contribution < 1.29 is 6.16 Å². The van der Waals surface area contributed by atoms with Crippen molar-refractivity contribution in [3.63, 3.8) is 0 Å². The summed E-state index contributed by atoms with van der Waals surface area (Å²) in [5, 5.41) is 3.32. The van der Waals surface area contributed by atoms with Crippen LogP contribution >= 0.6 is 0 Å². The SMILES string of the molecule is CCC(C)c1cc2c(cn1)OCCN2.[HH]. The Morgan fingerprint density at radius 2 is 2.57 bits per heavy atom. The smallest absolute Gasteiger partial charge is 0.160 e. The molecule has 78 valence electrons. The molecule has 0 spiro atoms. The molecule has 1 atom stereocenters. The van der Waals surface area contributed by atoms with Crippen molar-refractivity contribution in [1.82, 2.24) is 4.98 Å². The summed E-state index contributed by atoms with van der Waals surface area (Å²) in [7, 11) is 0. The van der Waals surface area contributed by atoms with Crippen LogP contribution in [0.2, 0.25) is 0 Å². The average molecular weight is 194 g/mol. The third-order valence-electron chi connectivity index (χ3n) is 2.68. The highest BCUT2D eigenvalue weighted by Crippen LogP contribution is 2.29. The number of hydrogen-bond acceptors (Lipinski definition) is 3. The number of nitrogens with zero attached hydrogens (tertiary/aromatic N) is 1. The molecule has 2 rings (SSSR count). The predicted octanol–water partition coefficient (Wildman–Crippen LogP) is 2.65. The van der Waals surface area contributed by atoms with E-state index in [2.05, 4.69) is 30.2 Å². The van der Waals surface area contributed by atoms with E-state index in [1.807, 2.05) is 6.20 Å². The fourth-order valence-corrected chi connectivity index (χ4v) is 1.54. The molecular formula is C11H18N2O. The molecule has 0 saturated carbocycles. The zero-order chi connectivity index (χ0) is 9.97. The Bertz CT molecular complexity index is 330. The normalized spacial score (nSPS) is 16.4. The van der Waals surface area contributed by atoms with Gasteiger partial charge in [0.2, 0.25) is 0 Å². The van der Waals surface area contributed by atoms with Gasteiger partial charge in [-0.1, -0.05) is 13.8 Å². The summed E-state index contributed by atoms with van der Waals surface area (Å²) in [6.45, 7) is 5.99. The van der Waals surface area contributed by atoms with Crippen molar-refractivity contribution in [2.45, 2.75) is 26.2 Å². The molecule has 0 bridgehead atoms. The van der Waals surface area contributed by atoms with Crippen molar-refractivity contribution >= 4 is 5.69 Å². The molecule has 3 nitrogen and oxygen atoms in total. The number of pyridine rings is 1. The monoisotopic (exact) mass is 194 g/mol. The number of ether oxygens (including phenoxy) is 1. The molecule has 1 unspecified atom stereocenters. The Morgan fingerprint density at radius 1 is 1.71 bits per heavy atom. The summed E-state index contributed by atoms with van der Waals surface area (Å²) in [6.07, 6.45) is 2.94. The maximum atomic E-state index is 5.47. The van der Waals surface area contributed by atoms with Crippen LogP contribution in [0.25, 0.3) is 0 Å². The van der Waals surface area contributed by atoms with Gasteiger partial charge in [-0.2, -0.15) is 0 Å². The van der Waals surface area contributed by atoms with Crippen LogP contribution in [0.3, 0.4) is 0 Å². The molecule has 1 aliphatic heterocycles. The molecule has 3 heteroatoms. The molecule has 0 radical (unpaired) electrons. The summed E-state index contributed by atoms with van der Waals surface area (Å²) >= 11 is 0. The lowest BCUT2D eigenvalue weighted by molar-refractivity contribution is 0.321. The first-order chi connectivity index (χ1) is 6.81. The van der Waals surface area contributed by atoms with Crippen molar-refractivity contribution in [2.75, 3.05) is 18.5 Å². The fourth-order valence-electron chi connectivity index (χ4n) is 1.54. The van der Waals surface area contributed by atoms with Crippen molar-refractivity contribution in [1.29, 1.82) is 0 Å². The van der Waals surface area contributed by atoms with E-state index in [0.717, 1.165) is 36.7 Å². The molecule has 1 N–H and O–H groups in total. The van der Waals surface area contributed by atoms with E-state index in [9.17, 15) is 0 Å². The number of aromatic nitrogens is 1.